The lowest BCUT2D eigenvalue weighted by Crippen LogP contribution is -2.36. The number of rotatable bonds is 6. The van der Waals surface area contributed by atoms with Gasteiger partial charge in [-0.1, -0.05) is 6.07 Å². The first-order valence-electron chi connectivity index (χ1n) is 12.1. The quantitative estimate of drug-likeness (QED) is 0.602. The highest BCUT2D eigenvalue weighted by atomic mass is 16.5. The Morgan fingerprint density at radius 3 is 2.71 bits per heavy atom. The van der Waals surface area contributed by atoms with Gasteiger partial charge in [-0.15, -0.1) is 0 Å². The van der Waals surface area contributed by atoms with Crippen molar-refractivity contribution in [3.63, 3.8) is 0 Å². The van der Waals surface area contributed by atoms with Gasteiger partial charge >= 0.3 is 0 Å². The van der Waals surface area contributed by atoms with Crippen molar-refractivity contribution in [3.8, 4) is 5.75 Å². The number of anilines is 1. The third-order valence-corrected chi connectivity index (χ3v) is 6.75. The Morgan fingerprint density at radius 2 is 1.91 bits per heavy atom. The molecule has 0 bridgehead atoms. The lowest BCUT2D eigenvalue weighted by molar-refractivity contribution is 0.0957. The van der Waals surface area contributed by atoms with Gasteiger partial charge in [-0.2, -0.15) is 0 Å². The Kier molecular flexibility index (Phi) is 6.85. The molecule has 1 aliphatic carbocycles. The number of carbonyl (C=O) groups is 1. The molecule has 3 heterocycles. The summed E-state index contributed by atoms with van der Waals surface area (Å²) in [5, 5.41) is 2.64. The van der Waals surface area contributed by atoms with Crippen LogP contribution in [0.2, 0.25) is 0 Å². The zero-order chi connectivity index (χ0) is 23.3. The maximum absolute atomic E-state index is 11.9. The second-order valence-corrected chi connectivity index (χ2v) is 9.03. The Balaban J connectivity index is 1.25. The van der Waals surface area contributed by atoms with Crippen LogP contribution < -0.4 is 15.0 Å². The summed E-state index contributed by atoms with van der Waals surface area (Å²) in [4.78, 5) is 27.8. The molecule has 2 aliphatic rings. The number of carbonyl (C=O) groups excluding carboxylic acids is 1. The zero-order valence-electron chi connectivity index (χ0n) is 19.6. The smallest absolute Gasteiger partial charge is 0.269 e. The van der Waals surface area contributed by atoms with Crippen molar-refractivity contribution in [3.05, 3.63) is 54.1 Å². The van der Waals surface area contributed by atoms with Crippen LogP contribution in [0, 0.1) is 5.92 Å². The summed E-state index contributed by atoms with van der Waals surface area (Å²) in [6, 6.07) is 9.89. The summed E-state index contributed by atoms with van der Waals surface area (Å²) >= 11 is 0. The third-order valence-electron chi connectivity index (χ3n) is 6.75. The topological polar surface area (TPSA) is 89.5 Å². The van der Waals surface area contributed by atoms with Crippen molar-refractivity contribution >= 4 is 22.6 Å². The molecule has 0 spiro atoms. The summed E-state index contributed by atoms with van der Waals surface area (Å²) in [6.45, 7) is 3.20. The van der Waals surface area contributed by atoms with Crippen LogP contribution in [0.1, 0.15) is 41.9 Å². The molecule has 1 N–H and O–H groups in total. The van der Waals surface area contributed by atoms with Gasteiger partial charge in [-0.05, 0) is 56.2 Å². The Hall–Kier alpha value is -3.26. The number of nitrogens with one attached hydrogen (secondary N) is 1. The number of morpholine rings is 1. The zero-order valence-corrected chi connectivity index (χ0v) is 19.6. The van der Waals surface area contributed by atoms with Crippen LogP contribution in [0.5, 0.6) is 5.75 Å². The van der Waals surface area contributed by atoms with Crippen LogP contribution >= 0.6 is 0 Å². The molecule has 2 aromatic heterocycles. The fourth-order valence-corrected chi connectivity index (χ4v) is 4.90. The van der Waals surface area contributed by atoms with Crippen molar-refractivity contribution in [2.45, 2.75) is 38.2 Å². The van der Waals surface area contributed by atoms with E-state index in [1.807, 2.05) is 12.1 Å². The summed E-state index contributed by atoms with van der Waals surface area (Å²) < 4.78 is 12.0. The summed E-state index contributed by atoms with van der Waals surface area (Å²) in [5.41, 5.74) is 4.24. The number of nitrogens with zero attached hydrogens (tertiary/aromatic N) is 4. The molecule has 1 aliphatic heterocycles. The summed E-state index contributed by atoms with van der Waals surface area (Å²) in [5.74, 6) is 1.22. The first-order chi connectivity index (χ1) is 16.7. The van der Waals surface area contributed by atoms with Gasteiger partial charge in [0.05, 0.1) is 24.8 Å². The predicted octanol–water partition coefficient (Wildman–Crippen LogP) is 3.40. The van der Waals surface area contributed by atoms with Crippen molar-refractivity contribution in [2.75, 3.05) is 38.3 Å². The van der Waals surface area contributed by atoms with Gasteiger partial charge in [-0.3, -0.25) is 9.78 Å². The second-order valence-electron chi connectivity index (χ2n) is 9.03. The number of fused-ring (bicyclic) bond motifs is 1. The van der Waals surface area contributed by atoms with E-state index in [0.29, 0.717) is 11.6 Å². The molecule has 2 fully saturated rings. The van der Waals surface area contributed by atoms with E-state index >= 15 is 0 Å². The normalized spacial score (nSPS) is 20.8. The lowest BCUT2D eigenvalue weighted by Gasteiger charge is -2.31. The number of amides is 1. The molecule has 34 heavy (non-hydrogen) atoms. The number of benzene rings is 1. The monoisotopic (exact) mass is 461 g/mol. The molecule has 3 aromatic rings. The molecule has 8 nitrogen and oxygen atoms in total. The molecule has 178 valence electrons. The van der Waals surface area contributed by atoms with Crippen LogP contribution in [0.25, 0.3) is 11.0 Å². The van der Waals surface area contributed by atoms with Gasteiger partial charge in [0.1, 0.15) is 17.0 Å². The summed E-state index contributed by atoms with van der Waals surface area (Å²) in [7, 11) is 1.63. The van der Waals surface area contributed by atoms with Crippen molar-refractivity contribution < 1.29 is 14.3 Å². The van der Waals surface area contributed by atoms with Gasteiger partial charge < -0.3 is 19.7 Å². The molecule has 8 heteroatoms. The van der Waals surface area contributed by atoms with Crippen LogP contribution in [0.3, 0.4) is 0 Å². The van der Waals surface area contributed by atoms with E-state index in [1.54, 1.807) is 25.5 Å². The molecule has 5 rings (SSSR count). The van der Waals surface area contributed by atoms with Crippen molar-refractivity contribution in [1.82, 2.24) is 20.3 Å². The van der Waals surface area contributed by atoms with Crippen LogP contribution in [-0.2, 0) is 11.2 Å². The van der Waals surface area contributed by atoms with Crippen molar-refractivity contribution in [1.29, 1.82) is 0 Å². The third kappa shape index (κ3) is 5.12. The minimum Gasteiger partial charge on any atom is -0.488 e. The van der Waals surface area contributed by atoms with E-state index in [4.69, 9.17) is 9.47 Å². The minimum absolute atomic E-state index is 0.145. The molecular formula is C26H31N5O3. The van der Waals surface area contributed by atoms with E-state index < -0.39 is 0 Å². The maximum Gasteiger partial charge on any atom is 0.269 e. The van der Waals surface area contributed by atoms with Crippen LogP contribution in [-0.4, -0.2) is 60.3 Å². The van der Waals surface area contributed by atoms with E-state index in [1.165, 1.54) is 0 Å². The molecule has 0 unspecified atom stereocenters. The number of hydrogen-bond acceptors (Lipinski definition) is 7. The molecule has 1 amide bonds. The van der Waals surface area contributed by atoms with E-state index in [0.717, 1.165) is 86.6 Å². The summed E-state index contributed by atoms with van der Waals surface area (Å²) in [6.07, 6.45) is 8.62. The highest BCUT2D eigenvalue weighted by Crippen LogP contribution is 2.34. The number of aromatic nitrogens is 3. The van der Waals surface area contributed by atoms with E-state index in [2.05, 4.69) is 37.3 Å². The average molecular weight is 462 g/mol. The first-order valence-corrected chi connectivity index (χ1v) is 12.1. The number of pyridine rings is 1. The molecule has 1 saturated carbocycles. The SMILES string of the molecule is CNC(=O)c1cccc(CC2CCC(Oc3cc(N4CCOCC4)cc4nccnc34)CC2)n1. The standard InChI is InChI=1S/C26H31N5O3/c1-27-26(32)22-4-2-3-19(30-22)15-18-5-7-21(8-6-18)34-24-17-20(31-11-13-33-14-12-31)16-23-25(24)29-10-9-28-23/h2-4,9-10,16-18,21H,5-8,11-15H2,1H3,(H,27,32). The number of ether oxygens (including phenoxy) is 2. The molecular weight excluding hydrogens is 430 g/mol. The highest BCUT2D eigenvalue weighted by Gasteiger charge is 2.25. The Bertz CT molecular complexity index is 1140. The van der Waals surface area contributed by atoms with Crippen LogP contribution in [0.4, 0.5) is 5.69 Å². The maximum atomic E-state index is 11.9. The number of hydrogen-bond donors (Lipinski definition) is 1. The average Bonchev–Trinajstić information content (AvgIpc) is 2.90. The fraction of sp³-hybridized carbons (Fsp3) is 0.462. The minimum atomic E-state index is -0.145. The first kappa shape index (κ1) is 22.5. The fourth-order valence-electron chi connectivity index (χ4n) is 4.90. The largest absolute Gasteiger partial charge is 0.488 e. The van der Waals surface area contributed by atoms with Gasteiger partial charge in [0.15, 0.2) is 0 Å². The van der Waals surface area contributed by atoms with Crippen LogP contribution in [0.15, 0.2) is 42.7 Å². The predicted molar refractivity (Wildman–Crippen MR) is 130 cm³/mol. The Morgan fingerprint density at radius 1 is 1.12 bits per heavy atom. The van der Waals surface area contributed by atoms with Gasteiger partial charge in [0.2, 0.25) is 0 Å². The van der Waals surface area contributed by atoms with E-state index in [9.17, 15) is 4.79 Å². The Labute approximate surface area is 199 Å². The molecule has 1 saturated heterocycles. The van der Waals surface area contributed by atoms with Gasteiger partial charge in [-0.25, -0.2) is 9.97 Å². The second kappa shape index (κ2) is 10.3. The highest BCUT2D eigenvalue weighted by molar-refractivity contribution is 5.92. The molecule has 0 atom stereocenters. The molecule has 1 aromatic carbocycles. The molecule has 0 radical (unpaired) electrons. The van der Waals surface area contributed by atoms with E-state index in [-0.39, 0.29) is 12.0 Å². The van der Waals surface area contributed by atoms with Gasteiger partial charge in [0, 0.05) is 50.0 Å². The lowest BCUT2D eigenvalue weighted by atomic mass is 9.84. The van der Waals surface area contributed by atoms with Gasteiger partial charge in [0.25, 0.3) is 5.91 Å². The van der Waals surface area contributed by atoms with Crippen molar-refractivity contribution in [2.24, 2.45) is 5.92 Å².